The number of aryl methyl sites for hydroxylation is 2. The van der Waals surface area contributed by atoms with Gasteiger partial charge < -0.3 is 4.90 Å². The third-order valence-electron chi connectivity index (χ3n) is 3.83. The van der Waals surface area contributed by atoms with Crippen molar-refractivity contribution in [3.63, 3.8) is 0 Å². The Morgan fingerprint density at radius 1 is 1.26 bits per heavy atom. The second kappa shape index (κ2) is 4.96. The van der Waals surface area contributed by atoms with E-state index in [2.05, 4.69) is 0 Å². The summed E-state index contributed by atoms with van der Waals surface area (Å²) in [4.78, 5) is 13.9. The van der Waals surface area contributed by atoms with Gasteiger partial charge in [-0.15, -0.1) is 0 Å². The van der Waals surface area contributed by atoms with E-state index in [1.165, 1.54) is 0 Å². The van der Waals surface area contributed by atoms with Crippen LogP contribution in [0, 0.1) is 13.8 Å². The van der Waals surface area contributed by atoms with E-state index in [1.54, 1.807) is 18.0 Å². The number of hydrogen-bond donors (Lipinski definition) is 0. The lowest BCUT2D eigenvalue weighted by Gasteiger charge is -2.23. The SMILES string of the molecule is Cc1ccc(C(=O)N(C)[C@@H]2CCS(=O)(=O)C2)cc1C. The summed E-state index contributed by atoms with van der Waals surface area (Å²) in [7, 11) is -1.28. The second-order valence-electron chi connectivity index (χ2n) is 5.27. The first kappa shape index (κ1) is 14.1. The summed E-state index contributed by atoms with van der Waals surface area (Å²) < 4.78 is 22.9. The Labute approximate surface area is 114 Å². The van der Waals surface area contributed by atoms with Gasteiger partial charge in [0.1, 0.15) is 0 Å². The number of carbonyl (C=O) groups excluding carboxylic acids is 1. The highest BCUT2D eigenvalue weighted by molar-refractivity contribution is 7.91. The fourth-order valence-electron chi connectivity index (χ4n) is 2.32. The number of hydrogen-bond acceptors (Lipinski definition) is 3. The molecule has 2 rings (SSSR count). The monoisotopic (exact) mass is 281 g/mol. The van der Waals surface area contributed by atoms with Gasteiger partial charge in [-0.25, -0.2) is 8.42 Å². The van der Waals surface area contributed by atoms with Crippen molar-refractivity contribution in [2.45, 2.75) is 26.3 Å². The van der Waals surface area contributed by atoms with Crippen LogP contribution in [-0.2, 0) is 9.84 Å². The van der Waals surface area contributed by atoms with Crippen LogP contribution < -0.4 is 0 Å². The van der Waals surface area contributed by atoms with Crippen molar-refractivity contribution in [3.05, 3.63) is 34.9 Å². The Morgan fingerprint density at radius 3 is 2.47 bits per heavy atom. The molecule has 0 N–H and O–H groups in total. The summed E-state index contributed by atoms with van der Waals surface area (Å²) >= 11 is 0. The highest BCUT2D eigenvalue weighted by atomic mass is 32.2. The summed E-state index contributed by atoms with van der Waals surface area (Å²) in [5, 5.41) is 0. The van der Waals surface area contributed by atoms with Crippen molar-refractivity contribution in [2.24, 2.45) is 0 Å². The topological polar surface area (TPSA) is 54.5 Å². The Kier molecular flexibility index (Phi) is 3.67. The van der Waals surface area contributed by atoms with Gasteiger partial charge in [-0.05, 0) is 43.5 Å². The predicted octanol–water partition coefficient (Wildman–Crippen LogP) is 1.56. The average Bonchev–Trinajstić information content (AvgIpc) is 2.71. The maximum Gasteiger partial charge on any atom is 0.253 e. The normalized spacial score (nSPS) is 21.3. The molecule has 0 unspecified atom stereocenters. The van der Waals surface area contributed by atoms with E-state index < -0.39 is 9.84 Å². The highest BCUT2D eigenvalue weighted by Gasteiger charge is 2.33. The van der Waals surface area contributed by atoms with Gasteiger partial charge in [0.05, 0.1) is 11.5 Å². The molecular formula is C14H19NO3S. The Morgan fingerprint density at radius 2 is 1.95 bits per heavy atom. The Balaban J connectivity index is 2.17. The number of sulfone groups is 1. The van der Waals surface area contributed by atoms with E-state index in [-0.39, 0.29) is 23.5 Å². The van der Waals surface area contributed by atoms with Crippen molar-refractivity contribution < 1.29 is 13.2 Å². The Bertz CT molecular complexity index is 607. The molecule has 0 aromatic heterocycles. The molecule has 1 atom stereocenters. The largest absolute Gasteiger partial charge is 0.338 e. The first-order valence-corrected chi connectivity index (χ1v) is 8.17. The first-order valence-electron chi connectivity index (χ1n) is 6.35. The zero-order valence-electron chi connectivity index (χ0n) is 11.5. The smallest absolute Gasteiger partial charge is 0.253 e. The number of amides is 1. The van der Waals surface area contributed by atoms with E-state index >= 15 is 0 Å². The van der Waals surface area contributed by atoms with Crippen molar-refractivity contribution in [2.75, 3.05) is 18.6 Å². The molecule has 1 aromatic rings. The van der Waals surface area contributed by atoms with Gasteiger partial charge in [-0.3, -0.25) is 4.79 Å². The number of benzene rings is 1. The third-order valence-corrected chi connectivity index (χ3v) is 5.58. The summed E-state index contributed by atoms with van der Waals surface area (Å²) in [6.45, 7) is 3.96. The lowest BCUT2D eigenvalue weighted by molar-refractivity contribution is 0.0747. The molecule has 19 heavy (non-hydrogen) atoms. The van der Waals surface area contributed by atoms with Gasteiger partial charge in [0.2, 0.25) is 0 Å². The lowest BCUT2D eigenvalue weighted by Crippen LogP contribution is -2.37. The fourth-order valence-corrected chi connectivity index (χ4v) is 4.10. The van der Waals surface area contributed by atoms with Crippen LogP contribution in [0.3, 0.4) is 0 Å². The quantitative estimate of drug-likeness (QED) is 0.826. The number of rotatable bonds is 2. The molecule has 0 radical (unpaired) electrons. The van der Waals surface area contributed by atoms with E-state index in [0.29, 0.717) is 12.0 Å². The third kappa shape index (κ3) is 2.97. The molecule has 0 bridgehead atoms. The molecule has 5 heteroatoms. The minimum Gasteiger partial charge on any atom is -0.338 e. The van der Waals surface area contributed by atoms with E-state index in [1.807, 2.05) is 26.0 Å². The minimum atomic E-state index is -2.96. The zero-order chi connectivity index (χ0) is 14.2. The van der Waals surface area contributed by atoms with Crippen molar-refractivity contribution in [3.8, 4) is 0 Å². The minimum absolute atomic E-state index is 0.0834. The van der Waals surface area contributed by atoms with Crippen LogP contribution in [0.4, 0.5) is 0 Å². The van der Waals surface area contributed by atoms with Crippen molar-refractivity contribution >= 4 is 15.7 Å². The first-order chi connectivity index (χ1) is 8.80. The lowest BCUT2D eigenvalue weighted by atomic mass is 10.1. The highest BCUT2D eigenvalue weighted by Crippen LogP contribution is 2.19. The predicted molar refractivity (Wildman–Crippen MR) is 75.1 cm³/mol. The van der Waals surface area contributed by atoms with E-state index in [9.17, 15) is 13.2 Å². The Hall–Kier alpha value is -1.36. The van der Waals surface area contributed by atoms with Gasteiger partial charge in [0.25, 0.3) is 5.91 Å². The molecule has 0 saturated carbocycles. The van der Waals surface area contributed by atoms with Gasteiger partial charge in [0, 0.05) is 18.7 Å². The molecule has 104 valence electrons. The van der Waals surface area contributed by atoms with Crippen LogP contribution in [0.2, 0.25) is 0 Å². The molecule has 4 nitrogen and oxygen atoms in total. The van der Waals surface area contributed by atoms with E-state index in [0.717, 1.165) is 11.1 Å². The van der Waals surface area contributed by atoms with Crippen LogP contribution in [0.25, 0.3) is 0 Å². The van der Waals surface area contributed by atoms with Crippen LogP contribution in [0.5, 0.6) is 0 Å². The number of nitrogens with zero attached hydrogens (tertiary/aromatic N) is 1. The van der Waals surface area contributed by atoms with Crippen LogP contribution in [0.15, 0.2) is 18.2 Å². The summed E-state index contributed by atoms with van der Waals surface area (Å²) in [6.07, 6.45) is 0.537. The maximum atomic E-state index is 12.3. The second-order valence-corrected chi connectivity index (χ2v) is 7.50. The molecule has 1 amide bonds. The summed E-state index contributed by atoms with van der Waals surface area (Å²) in [5.74, 6) is 0.160. The van der Waals surface area contributed by atoms with Crippen molar-refractivity contribution in [1.29, 1.82) is 0 Å². The fraction of sp³-hybridized carbons (Fsp3) is 0.500. The van der Waals surface area contributed by atoms with E-state index in [4.69, 9.17) is 0 Å². The van der Waals surface area contributed by atoms with Gasteiger partial charge >= 0.3 is 0 Å². The molecule has 1 fully saturated rings. The summed E-state index contributed by atoms with van der Waals surface area (Å²) in [5.41, 5.74) is 2.83. The van der Waals surface area contributed by atoms with Crippen LogP contribution >= 0.6 is 0 Å². The maximum absolute atomic E-state index is 12.3. The molecule has 1 aliphatic heterocycles. The van der Waals surface area contributed by atoms with Gasteiger partial charge in [-0.1, -0.05) is 6.07 Å². The molecule has 0 aliphatic carbocycles. The van der Waals surface area contributed by atoms with Crippen molar-refractivity contribution in [1.82, 2.24) is 4.90 Å². The molecular weight excluding hydrogens is 262 g/mol. The number of carbonyl (C=O) groups is 1. The molecule has 0 spiro atoms. The average molecular weight is 281 g/mol. The zero-order valence-corrected chi connectivity index (χ0v) is 12.3. The van der Waals surface area contributed by atoms with Gasteiger partial charge in [0.15, 0.2) is 9.84 Å². The van der Waals surface area contributed by atoms with Crippen LogP contribution in [0.1, 0.15) is 27.9 Å². The summed E-state index contributed by atoms with van der Waals surface area (Å²) in [6, 6.07) is 5.38. The molecule has 1 saturated heterocycles. The molecule has 1 heterocycles. The molecule has 1 aromatic carbocycles. The molecule has 1 aliphatic rings. The van der Waals surface area contributed by atoms with Gasteiger partial charge in [-0.2, -0.15) is 0 Å². The standard InChI is InChI=1S/C14H19NO3S/c1-10-4-5-12(8-11(10)2)14(16)15(3)13-6-7-19(17,18)9-13/h4-5,8,13H,6-7,9H2,1-3H3/t13-/m1/s1. The van der Waals surface area contributed by atoms with Crippen LogP contribution in [-0.4, -0.2) is 43.8 Å².